The van der Waals surface area contributed by atoms with E-state index in [0.29, 0.717) is 17.2 Å². The van der Waals surface area contributed by atoms with E-state index in [4.69, 9.17) is 10.5 Å². The SMILES string of the molecule is Cc1cccc(C2CC2)c1-c1nc(NS(=O)(=O)c2cccc(C(=O)O)c2)nc(OC[C@H](N)CC(C)(C)C)c1C. The molecule has 4 rings (SSSR count). The molecule has 0 saturated heterocycles. The van der Waals surface area contributed by atoms with E-state index in [-0.39, 0.29) is 40.4 Å². The Morgan fingerprint density at radius 3 is 2.49 bits per heavy atom. The van der Waals surface area contributed by atoms with Gasteiger partial charge in [-0.05, 0) is 73.8 Å². The number of carbonyl (C=O) groups is 1. The Bertz CT molecular complexity index is 1490. The molecule has 1 aliphatic rings. The van der Waals surface area contributed by atoms with Crippen LogP contribution >= 0.6 is 0 Å². The average molecular weight is 553 g/mol. The van der Waals surface area contributed by atoms with Gasteiger partial charge in [-0.2, -0.15) is 4.98 Å². The van der Waals surface area contributed by atoms with Crippen molar-refractivity contribution in [1.29, 1.82) is 0 Å². The second-order valence-corrected chi connectivity index (χ2v) is 13.1. The fourth-order valence-corrected chi connectivity index (χ4v) is 5.67. The average Bonchev–Trinajstić information content (AvgIpc) is 3.68. The molecule has 0 bridgehead atoms. The van der Waals surface area contributed by atoms with Gasteiger partial charge in [0.2, 0.25) is 11.8 Å². The van der Waals surface area contributed by atoms with E-state index in [0.717, 1.165) is 42.0 Å². The molecule has 1 atom stereocenters. The highest BCUT2D eigenvalue weighted by Crippen LogP contribution is 2.46. The third-order valence-corrected chi connectivity index (χ3v) is 7.91. The Kier molecular flexibility index (Phi) is 7.99. The van der Waals surface area contributed by atoms with Crippen molar-refractivity contribution in [3.8, 4) is 17.1 Å². The third kappa shape index (κ3) is 6.93. The van der Waals surface area contributed by atoms with E-state index >= 15 is 0 Å². The topological polar surface area (TPSA) is 144 Å². The van der Waals surface area contributed by atoms with Crippen LogP contribution in [-0.4, -0.2) is 42.1 Å². The molecule has 0 spiro atoms. The molecule has 2 aromatic carbocycles. The molecule has 1 fully saturated rings. The van der Waals surface area contributed by atoms with Gasteiger partial charge in [-0.15, -0.1) is 0 Å². The zero-order chi connectivity index (χ0) is 28.5. The molecular formula is C29H36N4O5S. The second kappa shape index (κ2) is 10.9. The van der Waals surface area contributed by atoms with Crippen LogP contribution in [-0.2, 0) is 10.0 Å². The van der Waals surface area contributed by atoms with Crippen molar-refractivity contribution in [2.24, 2.45) is 11.1 Å². The van der Waals surface area contributed by atoms with E-state index in [2.05, 4.69) is 41.5 Å². The lowest BCUT2D eigenvalue weighted by molar-refractivity contribution is 0.0696. The van der Waals surface area contributed by atoms with Crippen LogP contribution in [0.25, 0.3) is 11.3 Å². The lowest BCUT2D eigenvalue weighted by Gasteiger charge is -2.24. The predicted molar refractivity (Wildman–Crippen MR) is 151 cm³/mol. The molecule has 1 aromatic heterocycles. The molecule has 0 unspecified atom stereocenters. The highest BCUT2D eigenvalue weighted by molar-refractivity contribution is 7.92. The highest BCUT2D eigenvalue weighted by atomic mass is 32.2. The van der Waals surface area contributed by atoms with E-state index in [1.165, 1.54) is 18.2 Å². The molecule has 0 amide bonds. The van der Waals surface area contributed by atoms with Gasteiger partial charge in [-0.3, -0.25) is 0 Å². The Morgan fingerprint density at radius 1 is 1.15 bits per heavy atom. The number of ether oxygens (including phenoxy) is 1. The maximum Gasteiger partial charge on any atom is 0.335 e. The summed E-state index contributed by atoms with van der Waals surface area (Å²) >= 11 is 0. The fourth-order valence-electron chi connectivity index (χ4n) is 4.68. The molecule has 1 aliphatic carbocycles. The maximum absolute atomic E-state index is 13.3. The summed E-state index contributed by atoms with van der Waals surface area (Å²) in [6.07, 6.45) is 2.91. The summed E-state index contributed by atoms with van der Waals surface area (Å²) in [6, 6.07) is 11.0. The zero-order valence-corrected chi connectivity index (χ0v) is 23.8. The van der Waals surface area contributed by atoms with Gasteiger partial charge < -0.3 is 15.6 Å². The number of benzene rings is 2. The number of nitrogens with zero attached hydrogens (tertiary/aromatic N) is 2. The molecule has 1 saturated carbocycles. The monoisotopic (exact) mass is 552 g/mol. The number of sulfonamides is 1. The van der Waals surface area contributed by atoms with Crippen LogP contribution in [0.2, 0.25) is 0 Å². The van der Waals surface area contributed by atoms with E-state index in [1.807, 2.05) is 26.0 Å². The largest absolute Gasteiger partial charge is 0.478 e. The van der Waals surface area contributed by atoms with Gasteiger partial charge in [-0.1, -0.05) is 45.0 Å². The Morgan fingerprint density at radius 2 is 1.85 bits per heavy atom. The van der Waals surface area contributed by atoms with Crippen LogP contribution < -0.4 is 15.2 Å². The first-order valence-electron chi connectivity index (χ1n) is 13.0. The van der Waals surface area contributed by atoms with Crippen molar-refractivity contribution in [3.63, 3.8) is 0 Å². The summed E-state index contributed by atoms with van der Waals surface area (Å²) in [7, 11) is -4.20. The first-order chi connectivity index (χ1) is 18.2. The molecule has 10 heteroatoms. The minimum atomic E-state index is -4.20. The number of rotatable bonds is 10. The van der Waals surface area contributed by atoms with Crippen molar-refractivity contribution < 1.29 is 23.1 Å². The minimum absolute atomic E-state index is 0.0141. The minimum Gasteiger partial charge on any atom is -0.478 e. The summed E-state index contributed by atoms with van der Waals surface area (Å²) in [4.78, 5) is 20.3. The lowest BCUT2D eigenvalue weighted by atomic mass is 9.89. The first kappa shape index (κ1) is 28.5. The summed E-state index contributed by atoms with van der Waals surface area (Å²) in [5.41, 5.74) is 10.6. The van der Waals surface area contributed by atoms with Gasteiger partial charge in [0, 0.05) is 17.2 Å². The molecule has 4 N–H and O–H groups in total. The number of hydrogen-bond acceptors (Lipinski definition) is 7. The fraction of sp³-hybridized carbons (Fsp3) is 0.414. The molecule has 0 aliphatic heterocycles. The third-order valence-electron chi connectivity index (χ3n) is 6.59. The van der Waals surface area contributed by atoms with Gasteiger partial charge in [0.25, 0.3) is 10.0 Å². The number of aryl methyl sites for hydroxylation is 1. The Hall–Kier alpha value is -3.50. The number of anilines is 1. The van der Waals surface area contributed by atoms with Crippen molar-refractivity contribution in [2.45, 2.75) is 70.7 Å². The predicted octanol–water partition coefficient (Wildman–Crippen LogP) is 5.28. The van der Waals surface area contributed by atoms with Crippen LogP contribution in [0, 0.1) is 19.3 Å². The number of hydrogen-bond donors (Lipinski definition) is 3. The van der Waals surface area contributed by atoms with Crippen molar-refractivity contribution in [1.82, 2.24) is 9.97 Å². The van der Waals surface area contributed by atoms with E-state index < -0.39 is 16.0 Å². The second-order valence-electron chi connectivity index (χ2n) is 11.4. The first-order valence-corrected chi connectivity index (χ1v) is 14.5. The summed E-state index contributed by atoms with van der Waals surface area (Å²) in [5, 5.41) is 9.30. The summed E-state index contributed by atoms with van der Waals surface area (Å²) in [5.74, 6) is -0.722. The molecular weight excluding hydrogens is 516 g/mol. The van der Waals surface area contributed by atoms with Crippen LogP contribution in [0.5, 0.6) is 5.88 Å². The van der Waals surface area contributed by atoms with Gasteiger partial charge in [0.05, 0.1) is 16.2 Å². The van der Waals surface area contributed by atoms with Gasteiger partial charge in [0.1, 0.15) is 6.61 Å². The number of carboxylic acids is 1. The smallest absolute Gasteiger partial charge is 0.335 e. The number of aromatic carboxylic acids is 1. The number of nitrogens with two attached hydrogens (primary N) is 1. The van der Waals surface area contributed by atoms with Gasteiger partial charge in [-0.25, -0.2) is 22.9 Å². The lowest BCUT2D eigenvalue weighted by Crippen LogP contribution is -2.32. The summed E-state index contributed by atoms with van der Waals surface area (Å²) < 4.78 is 35.0. The highest BCUT2D eigenvalue weighted by Gasteiger charge is 2.29. The Balaban J connectivity index is 1.77. The normalized spacial score (nSPS) is 14.6. The number of aromatic nitrogens is 2. The Labute approximate surface area is 229 Å². The van der Waals surface area contributed by atoms with E-state index in [1.54, 1.807) is 0 Å². The quantitative estimate of drug-likeness (QED) is 0.308. The molecule has 39 heavy (non-hydrogen) atoms. The number of carboxylic acid groups (broad SMARTS) is 1. The van der Waals surface area contributed by atoms with Gasteiger partial charge >= 0.3 is 5.97 Å². The van der Waals surface area contributed by atoms with Gasteiger partial charge in [0.15, 0.2) is 0 Å². The molecule has 9 nitrogen and oxygen atoms in total. The molecule has 1 heterocycles. The number of nitrogens with one attached hydrogen (secondary N) is 1. The van der Waals surface area contributed by atoms with Crippen molar-refractivity contribution in [3.05, 3.63) is 64.7 Å². The molecule has 208 valence electrons. The van der Waals surface area contributed by atoms with Crippen LogP contribution in [0.1, 0.15) is 73.0 Å². The molecule has 0 radical (unpaired) electrons. The van der Waals surface area contributed by atoms with E-state index in [9.17, 15) is 18.3 Å². The zero-order valence-electron chi connectivity index (χ0n) is 23.0. The molecule has 3 aromatic rings. The van der Waals surface area contributed by atoms with Crippen molar-refractivity contribution >= 4 is 21.9 Å². The van der Waals surface area contributed by atoms with Crippen LogP contribution in [0.4, 0.5) is 5.95 Å². The van der Waals surface area contributed by atoms with Crippen LogP contribution in [0.15, 0.2) is 47.4 Å². The summed E-state index contributed by atoms with van der Waals surface area (Å²) in [6.45, 7) is 10.4. The maximum atomic E-state index is 13.3. The van der Waals surface area contributed by atoms with Crippen molar-refractivity contribution in [2.75, 3.05) is 11.3 Å². The standard InChI is InChI=1S/C29H36N4O5S/c1-17-8-6-11-23(19-12-13-19)24(17)25-18(2)26(38-16-21(30)15-29(3,4)5)32-28(31-25)33-39(36,37)22-10-7-9-20(14-22)27(34)35/h6-11,14,19,21H,12-13,15-16,30H2,1-5H3,(H,34,35)(H,31,32,33)/t21-/m1/s1. The van der Waals surface area contributed by atoms with Crippen LogP contribution in [0.3, 0.4) is 0 Å².